The number of hydrogen-bond acceptors (Lipinski definition) is 4. The average Bonchev–Trinajstić information content (AvgIpc) is 2.79. The van der Waals surface area contributed by atoms with Gasteiger partial charge >= 0.3 is 6.01 Å². The van der Waals surface area contributed by atoms with Gasteiger partial charge in [0, 0.05) is 12.4 Å². The van der Waals surface area contributed by atoms with Crippen molar-refractivity contribution in [2.24, 2.45) is 0 Å². The Hall–Kier alpha value is -1.94. The minimum Gasteiger partial charge on any atom is -0.424 e. The van der Waals surface area contributed by atoms with E-state index in [1.807, 2.05) is 6.07 Å². The molecule has 4 heteroatoms. The topological polar surface area (TPSA) is 44.2 Å². The molecule has 1 aliphatic carbocycles. The van der Waals surface area contributed by atoms with Gasteiger partial charge < -0.3 is 9.47 Å². The van der Waals surface area contributed by atoms with Crippen LogP contribution in [0.5, 0.6) is 11.8 Å². The zero-order valence-corrected chi connectivity index (χ0v) is 10.5. The van der Waals surface area contributed by atoms with Crippen LogP contribution in [0.4, 0.5) is 0 Å². The summed E-state index contributed by atoms with van der Waals surface area (Å²) < 4.78 is 11.7. The van der Waals surface area contributed by atoms with Crippen LogP contribution in [0.1, 0.15) is 30.4 Å². The summed E-state index contributed by atoms with van der Waals surface area (Å²) in [5, 5.41) is 0. The van der Waals surface area contributed by atoms with Crippen molar-refractivity contribution in [3.05, 3.63) is 47.8 Å². The van der Waals surface area contributed by atoms with Crippen molar-refractivity contribution in [3.8, 4) is 11.8 Å². The van der Waals surface area contributed by atoms with Crippen LogP contribution in [0.2, 0.25) is 0 Å². The number of benzene rings is 1. The van der Waals surface area contributed by atoms with Crippen LogP contribution in [0, 0.1) is 0 Å². The Kier molecular flexibility index (Phi) is 2.32. The second kappa shape index (κ2) is 4.03. The first-order chi connectivity index (χ1) is 9.36. The van der Waals surface area contributed by atoms with E-state index in [1.54, 1.807) is 18.5 Å². The van der Waals surface area contributed by atoms with Gasteiger partial charge in [0.2, 0.25) is 0 Å². The molecule has 0 radical (unpaired) electrons. The summed E-state index contributed by atoms with van der Waals surface area (Å²) in [6.07, 6.45) is 6.82. The van der Waals surface area contributed by atoms with Crippen molar-refractivity contribution >= 4 is 0 Å². The SMILES string of the molecule is c1cnc(Oc2ccc3c(c2)C2(CCC2)OC3)nc1. The van der Waals surface area contributed by atoms with E-state index in [-0.39, 0.29) is 5.60 Å². The molecule has 0 amide bonds. The lowest BCUT2D eigenvalue weighted by Crippen LogP contribution is -2.33. The van der Waals surface area contributed by atoms with Gasteiger partial charge in [0.05, 0.1) is 12.2 Å². The second-order valence-electron chi connectivity index (χ2n) is 5.09. The second-order valence-corrected chi connectivity index (χ2v) is 5.09. The lowest BCUT2D eigenvalue weighted by atomic mass is 9.75. The number of hydrogen-bond donors (Lipinski definition) is 0. The quantitative estimate of drug-likeness (QED) is 0.825. The van der Waals surface area contributed by atoms with Crippen LogP contribution in [-0.2, 0) is 16.9 Å². The molecule has 19 heavy (non-hydrogen) atoms. The minimum absolute atomic E-state index is 0.0355. The molecule has 0 N–H and O–H groups in total. The average molecular weight is 254 g/mol. The fraction of sp³-hybridized carbons (Fsp3) is 0.333. The van der Waals surface area contributed by atoms with Gasteiger partial charge in [-0.1, -0.05) is 6.07 Å². The molecule has 2 aliphatic rings. The zero-order chi connectivity index (χ0) is 12.7. The first kappa shape index (κ1) is 10.9. The molecule has 96 valence electrons. The molecule has 4 rings (SSSR count). The molecule has 2 aromatic rings. The Morgan fingerprint density at radius 3 is 2.74 bits per heavy atom. The van der Waals surface area contributed by atoms with Crippen LogP contribution in [-0.4, -0.2) is 9.97 Å². The molecule has 2 heterocycles. The first-order valence-corrected chi connectivity index (χ1v) is 6.58. The number of ether oxygens (including phenoxy) is 2. The van der Waals surface area contributed by atoms with Crippen LogP contribution in [0.3, 0.4) is 0 Å². The van der Waals surface area contributed by atoms with Gasteiger partial charge in [0.1, 0.15) is 5.75 Å². The van der Waals surface area contributed by atoms with Crippen LogP contribution in [0.25, 0.3) is 0 Å². The Bertz CT molecular complexity index is 609. The third kappa shape index (κ3) is 1.71. The van der Waals surface area contributed by atoms with Crippen LogP contribution >= 0.6 is 0 Å². The highest BCUT2D eigenvalue weighted by Gasteiger charge is 2.45. The Balaban J connectivity index is 1.67. The Morgan fingerprint density at radius 1 is 1.16 bits per heavy atom. The van der Waals surface area contributed by atoms with E-state index >= 15 is 0 Å². The van der Waals surface area contributed by atoms with Crippen molar-refractivity contribution < 1.29 is 9.47 Å². The number of rotatable bonds is 2. The summed E-state index contributed by atoms with van der Waals surface area (Å²) in [7, 11) is 0. The third-order valence-corrected chi connectivity index (χ3v) is 3.99. The Morgan fingerprint density at radius 2 is 2.00 bits per heavy atom. The predicted octanol–water partition coefficient (Wildman–Crippen LogP) is 3.18. The maximum Gasteiger partial charge on any atom is 0.321 e. The zero-order valence-electron chi connectivity index (χ0n) is 10.5. The fourth-order valence-corrected chi connectivity index (χ4v) is 2.82. The highest BCUT2D eigenvalue weighted by atomic mass is 16.5. The maximum absolute atomic E-state index is 5.97. The van der Waals surface area contributed by atoms with Gasteiger partial charge in [-0.05, 0) is 48.6 Å². The van der Waals surface area contributed by atoms with Crippen molar-refractivity contribution in [3.63, 3.8) is 0 Å². The molecular formula is C15H14N2O2. The fourth-order valence-electron chi connectivity index (χ4n) is 2.82. The standard InChI is InChI=1S/C15H14N2O2/c1-5-15(6-1)13-9-12(4-3-11(13)10-18-15)19-14-16-7-2-8-17-14/h2-4,7-9H,1,5-6,10H2. The monoisotopic (exact) mass is 254 g/mol. The summed E-state index contributed by atoms with van der Waals surface area (Å²) in [5.74, 6) is 0.779. The molecule has 0 atom stereocenters. The number of nitrogens with zero attached hydrogens (tertiary/aromatic N) is 2. The van der Waals surface area contributed by atoms with E-state index in [0.717, 1.165) is 25.2 Å². The molecule has 1 aliphatic heterocycles. The smallest absolute Gasteiger partial charge is 0.321 e. The summed E-state index contributed by atoms with van der Waals surface area (Å²) in [6.45, 7) is 0.720. The molecule has 0 saturated heterocycles. The van der Waals surface area contributed by atoms with E-state index in [9.17, 15) is 0 Å². The van der Waals surface area contributed by atoms with Crippen molar-refractivity contribution in [1.29, 1.82) is 0 Å². The summed E-state index contributed by atoms with van der Waals surface area (Å²) in [6, 6.07) is 8.27. The van der Waals surface area contributed by atoms with Crippen molar-refractivity contribution in [2.45, 2.75) is 31.5 Å². The molecule has 1 saturated carbocycles. The predicted molar refractivity (Wildman–Crippen MR) is 68.9 cm³/mol. The number of fused-ring (bicyclic) bond motifs is 2. The molecule has 4 nitrogen and oxygen atoms in total. The van der Waals surface area contributed by atoms with Gasteiger partial charge in [0.15, 0.2) is 0 Å². The van der Waals surface area contributed by atoms with Crippen molar-refractivity contribution in [2.75, 3.05) is 0 Å². The minimum atomic E-state index is -0.0355. The molecule has 1 aromatic heterocycles. The van der Waals surface area contributed by atoms with E-state index in [0.29, 0.717) is 6.01 Å². The highest BCUT2D eigenvalue weighted by molar-refractivity contribution is 5.43. The number of aromatic nitrogens is 2. The first-order valence-electron chi connectivity index (χ1n) is 6.58. The maximum atomic E-state index is 5.97. The van der Waals surface area contributed by atoms with Crippen LogP contribution in [0.15, 0.2) is 36.7 Å². The highest BCUT2D eigenvalue weighted by Crippen LogP contribution is 2.51. The molecule has 1 aromatic carbocycles. The Labute approximate surface area is 111 Å². The summed E-state index contributed by atoms with van der Waals surface area (Å²) in [4.78, 5) is 8.15. The molecule has 0 bridgehead atoms. The van der Waals surface area contributed by atoms with E-state index in [1.165, 1.54) is 17.5 Å². The van der Waals surface area contributed by atoms with E-state index in [4.69, 9.17) is 9.47 Å². The van der Waals surface area contributed by atoms with Gasteiger partial charge in [-0.3, -0.25) is 0 Å². The molecular weight excluding hydrogens is 240 g/mol. The van der Waals surface area contributed by atoms with Gasteiger partial charge in [-0.15, -0.1) is 0 Å². The summed E-state index contributed by atoms with van der Waals surface area (Å²) >= 11 is 0. The molecule has 0 unspecified atom stereocenters. The van der Waals surface area contributed by atoms with E-state index in [2.05, 4.69) is 22.1 Å². The van der Waals surface area contributed by atoms with Crippen molar-refractivity contribution in [1.82, 2.24) is 9.97 Å². The lowest BCUT2D eigenvalue weighted by Gasteiger charge is -2.38. The van der Waals surface area contributed by atoms with E-state index < -0.39 is 0 Å². The third-order valence-electron chi connectivity index (χ3n) is 3.99. The lowest BCUT2D eigenvalue weighted by molar-refractivity contribution is -0.0944. The molecule has 1 spiro atoms. The van der Waals surface area contributed by atoms with Gasteiger partial charge in [-0.2, -0.15) is 0 Å². The normalized spacial score (nSPS) is 18.9. The molecule has 1 fully saturated rings. The summed E-state index contributed by atoms with van der Waals surface area (Å²) in [5.41, 5.74) is 2.53. The van der Waals surface area contributed by atoms with Gasteiger partial charge in [0.25, 0.3) is 0 Å². The largest absolute Gasteiger partial charge is 0.424 e. The van der Waals surface area contributed by atoms with Crippen LogP contribution < -0.4 is 4.74 Å². The van der Waals surface area contributed by atoms with Gasteiger partial charge in [-0.25, -0.2) is 9.97 Å².